The molecule has 94 valence electrons. The zero-order valence-corrected chi connectivity index (χ0v) is 11.4. The average molecular weight is 274 g/mol. The number of hydrogen-bond acceptors (Lipinski definition) is 3. The third-order valence-corrected chi connectivity index (χ3v) is 4.34. The highest BCUT2D eigenvalue weighted by Gasteiger charge is 2.34. The first-order valence-electron chi connectivity index (χ1n) is 5.92. The van der Waals surface area contributed by atoms with Gasteiger partial charge in [0.15, 0.2) is 0 Å². The molecule has 5 heteroatoms. The molecule has 0 aromatic carbocycles. The highest BCUT2D eigenvalue weighted by atomic mass is 35.5. The predicted molar refractivity (Wildman–Crippen MR) is 73.7 cm³/mol. The van der Waals surface area contributed by atoms with Crippen LogP contribution in [0.4, 0.5) is 11.6 Å². The maximum Gasteiger partial charge on any atom is 0.147 e. The first-order chi connectivity index (χ1) is 8.06. The first kappa shape index (κ1) is 12.8. The van der Waals surface area contributed by atoms with Gasteiger partial charge < -0.3 is 11.1 Å². The fraction of sp³-hybridized carbons (Fsp3) is 0.583. The van der Waals surface area contributed by atoms with Gasteiger partial charge in [0.25, 0.3) is 0 Å². The van der Waals surface area contributed by atoms with Crippen molar-refractivity contribution in [3.63, 3.8) is 0 Å². The number of halogens is 2. The predicted octanol–water partition coefficient (Wildman–Crippen LogP) is 3.96. The van der Waals surface area contributed by atoms with Crippen LogP contribution in [0.5, 0.6) is 0 Å². The summed E-state index contributed by atoms with van der Waals surface area (Å²) in [5.41, 5.74) is 6.08. The Hall–Kier alpha value is -0.670. The minimum atomic E-state index is 0.317. The Bertz CT molecular complexity index is 411. The van der Waals surface area contributed by atoms with Crippen molar-refractivity contribution in [3.05, 3.63) is 16.1 Å². The molecule has 0 amide bonds. The number of pyridine rings is 1. The highest BCUT2D eigenvalue weighted by Crippen LogP contribution is 2.44. The molecule has 1 aromatic rings. The number of nitrogen functional groups attached to an aromatic ring is 1. The fourth-order valence-corrected chi connectivity index (χ4v) is 2.63. The third-order valence-electron chi connectivity index (χ3n) is 3.75. The highest BCUT2D eigenvalue weighted by molar-refractivity contribution is 6.37. The molecule has 3 N–H and O–H groups in total. The van der Waals surface area contributed by atoms with E-state index in [1.54, 1.807) is 6.07 Å². The van der Waals surface area contributed by atoms with Crippen molar-refractivity contribution in [1.82, 2.24) is 4.98 Å². The molecule has 1 fully saturated rings. The molecule has 3 nitrogen and oxygen atoms in total. The lowest BCUT2D eigenvalue weighted by molar-refractivity contribution is 0.145. The van der Waals surface area contributed by atoms with Crippen LogP contribution in [0.15, 0.2) is 6.07 Å². The topological polar surface area (TPSA) is 50.9 Å². The minimum Gasteiger partial charge on any atom is -0.382 e. The molecule has 0 unspecified atom stereocenters. The summed E-state index contributed by atoms with van der Waals surface area (Å²) in [6.45, 7) is 3.13. The molecule has 0 bridgehead atoms. The number of hydrogen-bond donors (Lipinski definition) is 2. The van der Waals surface area contributed by atoms with E-state index in [-0.39, 0.29) is 0 Å². The smallest absolute Gasteiger partial charge is 0.147 e. The number of nitrogens with two attached hydrogens (primary N) is 1. The molecule has 0 atom stereocenters. The molecule has 1 heterocycles. The van der Waals surface area contributed by atoms with Gasteiger partial charge in [-0.05, 0) is 30.7 Å². The second-order valence-corrected chi connectivity index (χ2v) is 5.56. The first-order valence-corrected chi connectivity index (χ1v) is 6.67. The van der Waals surface area contributed by atoms with Crippen molar-refractivity contribution in [3.8, 4) is 0 Å². The van der Waals surface area contributed by atoms with Crippen LogP contribution in [0, 0.1) is 5.41 Å². The van der Waals surface area contributed by atoms with Gasteiger partial charge in [0.2, 0.25) is 0 Å². The summed E-state index contributed by atoms with van der Waals surface area (Å²) < 4.78 is 0. The lowest BCUT2D eigenvalue weighted by Crippen LogP contribution is -2.36. The fourth-order valence-electron chi connectivity index (χ4n) is 2.21. The molecular formula is C12H17Cl2N3. The largest absolute Gasteiger partial charge is 0.382 e. The summed E-state index contributed by atoms with van der Waals surface area (Å²) in [5.74, 6) is 0.950. The van der Waals surface area contributed by atoms with Gasteiger partial charge in [-0.25, -0.2) is 4.98 Å². The maximum atomic E-state index is 6.07. The molecular weight excluding hydrogens is 257 g/mol. The van der Waals surface area contributed by atoms with Crippen molar-refractivity contribution in [1.29, 1.82) is 0 Å². The number of rotatable bonds is 4. The maximum absolute atomic E-state index is 6.07. The Kier molecular flexibility index (Phi) is 3.69. The van der Waals surface area contributed by atoms with Gasteiger partial charge in [-0.2, -0.15) is 0 Å². The van der Waals surface area contributed by atoms with E-state index >= 15 is 0 Å². The van der Waals surface area contributed by atoms with E-state index < -0.39 is 0 Å². The minimum absolute atomic E-state index is 0.317. The summed E-state index contributed by atoms with van der Waals surface area (Å²) in [6.07, 6.45) is 5.05. The van der Waals surface area contributed by atoms with Gasteiger partial charge in [0.05, 0.1) is 10.0 Å². The van der Waals surface area contributed by atoms with Gasteiger partial charge in [-0.15, -0.1) is 0 Å². The summed E-state index contributed by atoms with van der Waals surface area (Å²) >= 11 is 11.9. The molecule has 1 aromatic heterocycles. The third kappa shape index (κ3) is 2.61. The second-order valence-electron chi connectivity index (χ2n) is 4.75. The van der Waals surface area contributed by atoms with Crippen LogP contribution in [-0.4, -0.2) is 11.5 Å². The van der Waals surface area contributed by atoms with Gasteiger partial charge in [-0.1, -0.05) is 36.5 Å². The van der Waals surface area contributed by atoms with Crippen LogP contribution in [0.2, 0.25) is 10.0 Å². The quantitative estimate of drug-likeness (QED) is 0.873. The molecule has 2 rings (SSSR count). The lowest BCUT2D eigenvalue weighted by Gasteiger charge is -2.41. The van der Waals surface area contributed by atoms with Crippen molar-refractivity contribution in [2.45, 2.75) is 32.6 Å². The molecule has 0 radical (unpaired) electrons. The lowest BCUT2D eigenvalue weighted by atomic mass is 9.67. The molecule has 1 saturated carbocycles. The van der Waals surface area contributed by atoms with E-state index in [1.807, 2.05) is 0 Å². The van der Waals surface area contributed by atoms with Gasteiger partial charge in [0.1, 0.15) is 11.6 Å². The molecule has 0 aliphatic heterocycles. The van der Waals surface area contributed by atoms with Crippen LogP contribution in [0.3, 0.4) is 0 Å². The molecule has 0 spiro atoms. The summed E-state index contributed by atoms with van der Waals surface area (Å²) in [4.78, 5) is 4.17. The average Bonchev–Trinajstić information content (AvgIpc) is 2.24. The Morgan fingerprint density at radius 2 is 2.12 bits per heavy atom. The van der Waals surface area contributed by atoms with Gasteiger partial charge in [-0.3, -0.25) is 0 Å². The van der Waals surface area contributed by atoms with E-state index in [0.717, 1.165) is 6.54 Å². The zero-order valence-electron chi connectivity index (χ0n) is 9.89. The number of anilines is 2. The van der Waals surface area contributed by atoms with Crippen LogP contribution >= 0.6 is 23.2 Å². The van der Waals surface area contributed by atoms with E-state index in [2.05, 4.69) is 17.2 Å². The number of nitrogens with zero attached hydrogens (tertiary/aromatic N) is 1. The molecule has 17 heavy (non-hydrogen) atoms. The second kappa shape index (κ2) is 4.91. The SMILES string of the molecule is CCC1(CNc2nc(N)c(Cl)cc2Cl)CCC1. The van der Waals surface area contributed by atoms with Crippen molar-refractivity contribution in [2.24, 2.45) is 5.41 Å². The van der Waals surface area contributed by atoms with Gasteiger partial charge >= 0.3 is 0 Å². The Morgan fingerprint density at radius 3 is 2.65 bits per heavy atom. The number of nitrogens with one attached hydrogen (secondary N) is 1. The summed E-state index contributed by atoms with van der Waals surface area (Å²) in [7, 11) is 0. The Labute approximate surface area is 112 Å². The van der Waals surface area contributed by atoms with Crippen LogP contribution < -0.4 is 11.1 Å². The standard InChI is InChI=1S/C12H17Cl2N3/c1-2-12(4-3-5-12)7-16-11-9(14)6-8(13)10(15)17-11/h6H,2-5,7H2,1H3,(H3,15,16,17). The van der Waals surface area contributed by atoms with Crippen LogP contribution in [0.1, 0.15) is 32.6 Å². The normalized spacial score (nSPS) is 17.6. The van der Waals surface area contributed by atoms with Crippen LogP contribution in [-0.2, 0) is 0 Å². The van der Waals surface area contributed by atoms with Gasteiger partial charge in [0, 0.05) is 6.54 Å². The van der Waals surface area contributed by atoms with Crippen molar-refractivity contribution < 1.29 is 0 Å². The Morgan fingerprint density at radius 1 is 1.41 bits per heavy atom. The monoisotopic (exact) mass is 273 g/mol. The van der Waals surface area contributed by atoms with Crippen molar-refractivity contribution >= 4 is 34.8 Å². The Balaban J connectivity index is 2.06. The summed E-state index contributed by atoms with van der Waals surface area (Å²) in [5, 5.41) is 4.21. The molecule has 1 aliphatic carbocycles. The van der Waals surface area contributed by atoms with E-state index in [1.165, 1.54) is 25.7 Å². The summed E-state index contributed by atoms with van der Waals surface area (Å²) in [6, 6.07) is 1.63. The van der Waals surface area contributed by atoms with E-state index in [4.69, 9.17) is 28.9 Å². The van der Waals surface area contributed by atoms with Crippen molar-refractivity contribution in [2.75, 3.05) is 17.6 Å². The number of aromatic nitrogens is 1. The van der Waals surface area contributed by atoms with Crippen LogP contribution in [0.25, 0.3) is 0 Å². The molecule has 1 aliphatic rings. The zero-order chi connectivity index (χ0) is 12.5. The van der Waals surface area contributed by atoms with E-state index in [0.29, 0.717) is 27.1 Å². The van der Waals surface area contributed by atoms with E-state index in [9.17, 15) is 0 Å². The molecule has 0 saturated heterocycles.